The number of hydrogen-bond donors (Lipinski definition) is 1. The van der Waals surface area contributed by atoms with E-state index >= 15 is 0 Å². The lowest BCUT2D eigenvalue weighted by Gasteiger charge is -2.25. The predicted molar refractivity (Wildman–Crippen MR) is 111 cm³/mol. The number of benzene rings is 2. The Morgan fingerprint density at radius 2 is 1.81 bits per heavy atom. The smallest absolute Gasteiger partial charge is 0.205 e. The number of nitriles is 1. The quantitative estimate of drug-likeness (QED) is 0.700. The summed E-state index contributed by atoms with van der Waals surface area (Å²) in [4.78, 5) is 3.34. The van der Waals surface area contributed by atoms with Crippen molar-refractivity contribution in [2.75, 3.05) is 18.0 Å². The zero-order valence-electron chi connectivity index (χ0n) is 15.4. The van der Waals surface area contributed by atoms with Gasteiger partial charge in [-0.05, 0) is 43.7 Å². The van der Waals surface area contributed by atoms with Gasteiger partial charge in [-0.15, -0.1) is 11.3 Å². The van der Waals surface area contributed by atoms with Crippen LogP contribution in [-0.4, -0.2) is 13.1 Å². The highest BCUT2D eigenvalue weighted by Gasteiger charge is 2.33. The molecule has 5 heteroatoms. The molecule has 0 amide bonds. The molecular weight excluding hydrogens is 354 g/mol. The monoisotopic (exact) mass is 375 g/mol. The summed E-state index contributed by atoms with van der Waals surface area (Å²) in [6.45, 7) is 6.22. The van der Waals surface area contributed by atoms with Crippen LogP contribution in [0, 0.1) is 11.3 Å². The van der Waals surface area contributed by atoms with Gasteiger partial charge < -0.3 is 15.4 Å². The first-order valence-electron chi connectivity index (χ1n) is 9.11. The number of rotatable bonds is 4. The first kappa shape index (κ1) is 17.4. The molecule has 1 aliphatic rings. The lowest BCUT2D eigenvalue weighted by molar-refractivity contribution is 0.401. The van der Waals surface area contributed by atoms with Gasteiger partial charge in [0.2, 0.25) is 5.88 Å². The maximum Gasteiger partial charge on any atom is 0.205 e. The maximum absolute atomic E-state index is 9.74. The third-order valence-electron chi connectivity index (χ3n) is 5.08. The Kier molecular flexibility index (Phi) is 4.51. The topological polar surface area (TPSA) is 62.3 Å². The average molecular weight is 375 g/mol. The summed E-state index contributed by atoms with van der Waals surface area (Å²) >= 11 is 1.67. The molecule has 2 heterocycles. The van der Waals surface area contributed by atoms with Crippen LogP contribution in [0.2, 0.25) is 0 Å². The molecule has 0 spiro atoms. The number of ether oxygens (including phenoxy) is 1. The molecule has 0 bridgehead atoms. The number of fused-ring (bicyclic) bond motifs is 3. The fourth-order valence-corrected chi connectivity index (χ4v) is 4.95. The Morgan fingerprint density at radius 1 is 1.11 bits per heavy atom. The lowest BCUT2D eigenvalue weighted by Crippen LogP contribution is -2.22. The van der Waals surface area contributed by atoms with E-state index in [4.69, 9.17) is 10.5 Å². The molecule has 2 aromatic carbocycles. The van der Waals surface area contributed by atoms with Crippen LogP contribution in [0.4, 0.5) is 5.69 Å². The van der Waals surface area contributed by atoms with Crippen LogP contribution in [0.3, 0.4) is 0 Å². The van der Waals surface area contributed by atoms with E-state index in [2.05, 4.69) is 55.1 Å². The molecule has 3 aromatic rings. The van der Waals surface area contributed by atoms with Crippen molar-refractivity contribution in [1.82, 2.24) is 0 Å². The number of allylic oxidation sites excluding steroid dienone is 1. The minimum Gasteiger partial charge on any atom is -0.439 e. The van der Waals surface area contributed by atoms with Crippen molar-refractivity contribution >= 4 is 27.1 Å². The average Bonchev–Trinajstić information content (AvgIpc) is 3.06. The second-order valence-electron chi connectivity index (χ2n) is 6.48. The molecule has 27 heavy (non-hydrogen) atoms. The van der Waals surface area contributed by atoms with Crippen LogP contribution < -0.4 is 15.4 Å². The Labute approximate surface area is 163 Å². The van der Waals surface area contributed by atoms with Gasteiger partial charge in [-0.1, -0.05) is 24.3 Å². The van der Waals surface area contributed by atoms with E-state index in [1.165, 1.54) is 5.69 Å². The van der Waals surface area contributed by atoms with Crippen molar-refractivity contribution in [2.45, 2.75) is 19.8 Å². The highest BCUT2D eigenvalue weighted by atomic mass is 32.1. The molecule has 1 aliphatic heterocycles. The molecule has 1 aromatic heterocycles. The Balaban J connectivity index is 1.85. The normalized spacial score (nSPS) is 16.0. The van der Waals surface area contributed by atoms with Gasteiger partial charge in [0.15, 0.2) is 5.75 Å². The molecule has 0 saturated carbocycles. The summed E-state index contributed by atoms with van der Waals surface area (Å²) in [6, 6.07) is 18.8. The standard InChI is InChI=1S/C22H21N3OS/c1-3-25(4-2)15-11-9-14(10-12-15)19-17(13-23)22(24)26-20-16-7-5-6-8-18(16)27-21(19)20/h5-12,19H,3-4,24H2,1-2H3/t19-/m0/s1. The molecule has 4 nitrogen and oxygen atoms in total. The van der Waals surface area contributed by atoms with Crippen LogP contribution in [0.1, 0.15) is 30.2 Å². The second-order valence-corrected chi connectivity index (χ2v) is 7.56. The maximum atomic E-state index is 9.74. The largest absolute Gasteiger partial charge is 0.439 e. The van der Waals surface area contributed by atoms with Crippen LogP contribution in [-0.2, 0) is 0 Å². The van der Waals surface area contributed by atoms with Crippen molar-refractivity contribution < 1.29 is 4.74 Å². The van der Waals surface area contributed by atoms with E-state index in [-0.39, 0.29) is 11.8 Å². The first-order chi connectivity index (χ1) is 13.2. The van der Waals surface area contributed by atoms with Crippen LogP contribution in [0.15, 0.2) is 60.0 Å². The molecule has 0 unspecified atom stereocenters. The zero-order valence-corrected chi connectivity index (χ0v) is 16.2. The lowest BCUT2D eigenvalue weighted by atomic mass is 9.88. The van der Waals surface area contributed by atoms with Gasteiger partial charge >= 0.3 is 0 Å². The van der Waals surface area contributed by atoms with E-state index in [0.717, 1.165) is 39.4 Å². The summed E-state index contributed by atoms with van der Waals surface area (Å²) in [5.74, 6) is 0.790. The van der Waals surface area contributed by atoms with Crippen molar-refractivity contribution in [1.29, 1.82) is 5.26 Å². The molecule has 0 saturated heterocycles. The predicted octanol–water partition coefficient (Wildman–Crippen LogP) is 4.97. The molecular formula is C22H21N3OS. The van der Waals surface area contributed by atoms with Crippen LogP contribution in [0.5, 0.6) is 5.75 Å². The fourth-order valence-electron chi connectivity index (χ4n) is 3.68. The third-order valence-corrected chi connectivity index (χ3v) is 6.30. The molecule has 0 radical (unpaired) electrons. The van der Waals surface area contributed by atoms with Gasteiger partial charge in [-0.25, -0.2) is 0 Å². The van der Waals surface area contributed by atoms with Gasteiger partial charge in [-0.3, -0.25) is 0 Å². The summed E-state index contributed by atoms with van der Waals surface area (Å²) < 4.78 is 7.01. The van der Waals surface area contributed by atoms with Gasteiger partial charge in [0.1, 0.15) is 11.6 Å². The Bertz CT molecular complexity index is 1060. The van der Waals surface area contributed by atoms with Crippen LogP contribution in [0.25, 0.3) is 10.1 Å². The summed E-state index contributed by atoms with van der Waals surface area (Å²) in [5.41, 5.74) is 8.85. The summed E-state index contributed by atoms with van der Waals surface area (Å²) in [7, 11) is 0. The van der Waals surface area contributed by atoms with E-state index in [9.17, 15) is 5.26 Å². The molecule has 136 valence electrons. The summed E-state index contributed by atoms with van der Waals surface area (Å²) in [6.07, 6.45) is 0. The molecule has 1 atom stereocenters. The van der Waals surface area contributed by atoms with Gasteiger partial charge in [0.05, 0.1) is 10.8 Å². The molecule has 0 fully saturated rings. The number of hydrogen-bond acceptors (Lipinski definition) is 5. The van der Waals surface area contributed by atoms with E-state index in [0.29, 0.717) is 5.57 Å². The number of thiophene rings is 1. The van der Waals surface area contributed by atoms with Crippen molar-refractivity contribution in [3.8, 4) is 11.8 Å². The third kappa shape index (κ3) is 2.83. The van der Waals surface area contributed by atoms with E-state index in [1.807, 2.05) is 18.2 Å². The number of anilines is 1. The van der Waals surface area contributed by atoms with E-state index in [1.54, 1.807) is 11.3 Å². The molecule has 0 aliphatic carbocycles. The summed E-state index contributed by atoms with van der Waals surface area (Å²) in [5, 5.41) is 10.8. The van der Waals surface area contributed by atoms with E-state index < -0.39 is 0 Å². The zero-order chi connectivity index (χ0) is 19.0. The first-order valence-corrected chi connectivity index (χ1v) is 9.93. The number of nitrogens with two attached hydrogens (primary N) is 1. The fraction of sp³-hybridized carbons (Fsp3) is 0.227. The molecule has 4 rings (SSSR count). The van der Waals surface area contributed by atoms with Gasteiger partial charge in [0, 0.05) is 28.9 Å². The SMILES string of the molecule is CCN(CC)c1ccc([C@H]2C(C#N)=C(N)Oc3c2sc2ccccc32)cc1. The minimum absolute atomic E-state index is 0.193. The van der Waals surface area contributed by atoms with Crippen molar-refractivity contribution in [2.24, 2.45) is 5.73 Å². The van der Waals surface area contributed by atoms with Gasteiger partial charge in [-0.2, -0.15) is 5.26 Å². The van der Waals surface area contributed by atoms with Crippen LogP contribution >= 0.6 is 11.3 Å². The van der Waals surface area contributed by atoms with Gasteiger partial charge in [0.25, 0.3) is 0 Å². The Hall–Kier alpha value is -2.97. The number of nitrogens with zero attached hydrogens (tertiary/aromatic N) is 2. The minimum atomic E-state index is -0.193. The van der Waals surface area contributed by atoms with Crippen molar-refractivity contribution in [3.05, 3.63) is 70.4 Å². The van der Waals surface area contributed by atoms with Crippen molar-refractivity contribution in [3.63, 3.8) is 0 Å². The molecule has 2 N–H and O–H groups in total. The highest BCUT2D eigenvalue weighted by Crippen LogP contribution is 2.50. The second kappa shape index (κ2) is 6.98. The Morgan fingerprint density at radius 3 is 2.48 bits per heavy atom. The highest BCUT2D eigenvalue weighted by molar-refractivity contribution is 7.19.